The summed E-state index contributed by atoms with van der Waals surface area (Å²) in [5.41, 5.74) is 0. The molecule has 0 unspecified atom stereocenters. The molecule has 0 rings (SSSR count). The van der Waals surface area contributed by atoms with Gasteiger partial charge >= 0.3 is 0 Å². The zero-order valence-electron chi connectivity index (χ0n) is 15.1. The first-order valence-electron chi connectivity index (χ1n) is 7.29. The molecule has 0 aromatic carbocycles. The number of rotatable bonds is 11. The molecule has 0 aliphatic carbocycles. The van der Waals surface area contributed by atoms with E-state index in [0.717, 1.165) is 0 Å². The van der Waals surface area contributed by atoms with Crippen LogP contribution in [0, 0.1) is 9.67 Å². The van der Waals surface area contributed by atoms with Crippen LogP contribution in [0.3, 0.4) is 0 Å². The van der Waals surface area contributed by atoms with Gasteiger partial charge in [-0.3, -0.25) is 0 Å². The number of hydrogen-bond acceptors (Lipinski definition) is 0. The standard InChI is InChI=1S/C12Cl24/c13-1(14)3(17,18)5(21,22)7(25,26)9(29,30)11(33,34)12(35,36)10(31,32)8(27,28)6(23,24)4(19,20)2(15)16. The zero-order valence-corrected chi connectivity index (χ0v) is 33.2. The average molecular weight is 995 g/mol. The first kappa shape index (κ1) is 43.0. The maximum atomic E-state index is 6.35. The summed E-state index contributed by atoms with van der Waals surface area (Å²) in [5, 5.41) is 0. The molecule has 0 saturated carbocycles. The van der Waals surface area contributed by atoms with E-state index in [-0.39, 0.29) is 0 Å². The van der Waals surface area contributed by atoms with Crippen molar-refractivity contribution < 1.29 is 0 Å². The molecule has 0 spiro atoms. The van der Waals surface area contributed by atoms with E-state index in [4.69, 9.17) is 278 Å². The normalized spacial score (nSPS) is 16.8. The second kappa shape index (κ2) is 13.2. The lowest BCUT2D eigenvalue weighted by atomic mass is 9.99. The molecule has 216 valence electrons. The summed E-state index contributed by atoms with van der Waals surface area (Å²) in [4.78, 5) is -1.78. The first-order chi connectivity index (χ1) is 15.1. The Bertz CT molecular complexity index is 721. The van der Waals surface area contributed by atoms with Gasteiger partial charge in [-0.25, -0.2) is 0 Å². The minimum absolute atomic E-state index is 0.892. The summed E-state index contributed by atoms with van der Waals surface area (Å²) in [5.74, 6) is 0. The third-order valence-electron chi connectivity index (χ3n) is 4.02. The van der Waals surface area contributed by atoms with Crippen molar-refractivity contribution in [2.45, 2.75) is 43.3 Å². The van der Waals surface area contributed by atoms with Gasteiger partial charge in [0.25, 0.3) is 0 Å². The molecule has 0 N–H and O–H groups in total. The van der Waals surface area contributed by atoms with Gasteiger partial charge in [-0.15, -0.1) is 0 Å². The van der Waals surface area contributed by atoms with E-state index >= 15 is 0 Å². The molecule has 36 heavy (non-hydrogen) atoms. The SMILES string of the molecule is Cl[C](Cl)C(Cl)(Cl)C(Cl)(Cl)C(Cl)(Cl)C(Cl)(Cl)C(Cl)(Cl)C(Cl)(Cl)C(Cl)(Cl)C(Cl)(Cl)C(Cl)(Cl)C(Cl)(Cl)[C](Cl)Cl. The van der Waals surface area contributed by atoms with E-state index < -0.39 is 53.0 Å². The van der Waals surface area contributed by atoms with E-state index in [9.17, 15) is 0 Å². The van der Waals surface area contributed by atoms with Crippen molar-refractivity contribution in [1.82, 2.24) is 0 Å². The van der Waals surface area contributed by atoms with Crippen molar-refractivity contribution in [2.75, 3.05) is 0 Å². The van der Waals surface area contributed by atoms with Crippen molar-refractivity contribution in [3.63, 3.8) is 0 Å². The Hall–Kier alpha value is 6.96. The summed E-state index contributed by atoms with van der Waals surface area (Å²) in [6.45, 7) is 0. The second-order valence-corrected chi connectivity index (χ2v) is 21.4. The molecule has 0 aromatic heterocycles. The topological polar surface area (TPSA) is 0 Å². The minimum atomic E-state index is -3.29. The van der Waals surface area contributed by atoms with Crippen LogP contribution in [-0.2, 0) is 0 Å². The van der Waals surface area contributed by atoms with Gasteiger partial charge < -0.3 is 0 Å². The molecule has 0 aromatic rings. The summed E-state index contributed by atoms with van der Waals surface area (Å²) < 4.78 is -30.8. The number of hydrogen-bond donors (Lipinski definition) is 0. The Morgan fingerprint density at radius 2 is 0.333 bits per heavy atom. The lowest BCUT2D eigenvalue weighted by molar-refractivity contribution is 0.429. The molecule has 0 aliphatic rings. The van der Waals surface area contributed by atoms with Gasteiger partial charge in [-0.2, -0.15) is 0 Å². The van der Waals surface area contributed by atoms with Crippen LogP contribution in [-0.4, -0.2) is 43.3 Å². The summed E-state index contributed by atoms with van der Waals surface area (Å²) in [6, 6.07) is 0. The van der Waals surface area contributed by atoms with Crippen LogP contribution in [0.25, 0.3) is 0 Å². The predicted octanol–water partition coefficient (Wildman–Crippen LogP) is 14.7. The molecule has 0 saturated heterocycles. The molecule has 0 bridgehead atoms. The maximum Gasteiger partial charge on any atom is 0.189 e. The fourth-order valence-electron chi connectivity index (χ4n) is 1.81. The monoisotopic (exact) mass is 983 g/mol. The smallest absolute Gasteiger partial charge is 0.0946 e. The number of alkyl halides is 20. The maximum absolute atomic E-state index is 6.35. The van der Waals surface area contributed by atoms with Crippen LogP contribution < -0.4 is 0 Å². The van der Waals surface area contributed by atoms with Crippen molar-refractivity contribution in [3.05, 3.63) is 9.67 Å². The van der Waals surface area contributed by atoms with E-state index in [1.54, 1.807) is 0 Å². The fourth-order valence-corrected chi connectivity index (χ4v) is 9.23. The highest BCUT2D eigenvalue weighted by Crippen LogP contribution is 2.75. The molecule has 2 radical (unpaired) electrons. The van der Waals surface area contributed by atoms with E-state index in [2.05, 4.69) is 0 Å². The van der Waals surface area contributed by atoms with Crippen molar-refractivity contribution in [3.8, 4) is 0 Å². The van der Waals surface area contributed by atoms with Crippen LogP contribution in [0.5, 0.6) is 0 Å². The lowest BCUT2D eigenvalue weighted by Gasteiger charge is -2.56. The lowest BCUT2D eigenvalue weighted by Crippen LogP contribution is -2.73. The van der Waals surface area contributed by atoms with Crippen LogP contribution >= 0.6 is 278 Å². The van der Waals surface area contributed by atoms with Gasteiger partial charge in [0, 0.05) is 0 Å². The zero-order chi connectivity index (χ0) is 30.2. The number of halogens is 24. The molecule has 0 nitrogen and oxygen atoms in total. The molecule has 0 aliphatic heterocycles. The molecular weight excluding hydrogens is 995 g/mol. The molecule has 0 atom stereocenters. The van der Waals surface area contributed by atoms with Gasteiger partial charge in [-0.1, -0.05) is 278 Å². The molecule has 24 heteroatoms. The fraction of sp³-hybridized carbons (Fsp3) is 0.833. The van der Waals surface area contributed by atoms with Crippen LogP contribution in [0.15, 0.2) is 0 Å². The van der Waals surface area contributed by atoms with Gasteiger partial charge in [0.1, 0.15) is 0 Å². The van der Waals surface area contributed by atoms with E-state index in [0.29, 0.717) is 0 Å². The largest absolute Gasteiger partial charge is 0.189 e. The summed E-state index contributed by atoms with van der Waals surface area (Å²) in [6.07, 6.45) is 0. The molecule has 0 fully saturated rings. The Balaban J connectivity index is 7.16. The molecule has 0 heterocycles. The van der Waals surface area contributed by atoms with Crippen molar-refractivity contribution in [1.29, 1.82) is 0 Å². The third-order valence-corrected chi connectivity index (χ3v) is 20.4. The van der Waals surface area contributed by atoms with E-state index in [1.807, 2.05) is 0 Å². The second-order valence-electron chi connectivity index (χ2n) is 6.26. The predicted molar refractivity (Wildman–Crippen MR) is 174 cm³/mol. The van der Waals surface area contributed by atoms with Crippen molar-refractivity contribution >= 4 is 278 Å². The average Bonchev–Trinajstić information content (AvgIpc) is 2.65. The van der Waals surface area contributed by atoms with Crippen LogP contribution in [0.1, 0.15) is 0 Å². The highest BCUT2D eigenvalue weighted by molar-refractivity contribution is 6.83. The van der Waals surface area contributed by atoms with Gasteiger partial charge in [0.15, 0.2) is 53.0 Å². The molecule has 0 amide bonds. The quantitative estimate of drug-likeness (QED) is 0.181. The molecular formula is C12Cl24. The van der Waals surface area contributed by atoms with Gasteiger partial charge in [-0.05, 0) is 0 Å². The van der Waals surface area contributed by atoms with Crippen LogP contribution in [0.4, 0.5) is 0 Å². The minimum Gasteiger partial charge on any atom is -0.0946 e. The Labute approximate surface area is 326 Å². The van der Waals surface area contributed by atoms with E-state index in [1.165, 1.54) is 0 Å². The van der Waals surface area contributed by atoms with Gasteiger partial charge in [0.2, 0.25) is 0 Å². The summed E-state index contributed by atoms with van der Waals surface area (Å²) >= 11 is 147. The highest BCUT2D eigenvalue weighted by Gasteiger charge is 2.84. The van der Waals surface area contributed by atoms with Crippen molar-refractivity contribution in [2.24, 2.45) is 0 Å². The van der Waals surface area contributed by atoms with Crippen LogP contribution in [0.2, 0.25) is 0 Å². The third kappa shape index (κ3) is 6.55. The Morgan fingerprint density at radius 1 is 0.222 bits per heavy atom. The Kier molecular flexibility index (Phi) is 15.8. The summed E-state index contributed by atoms with van der Waals surface area (Å²) in [7, 11) is 0. The van der Waals surface area contributed by atoms with Gasteiger partial charge in [0.05, 0.1) is 0 Å². The highest BCUT2D eigenvalue weighted by atomic mass is 35.6. The first-order valence-corrected chi connectivity index (χ1v) is 16.4. The Morgan fingerprint density at radius 3 is 0.444 bits per heavy atom.